The summed E-state index contributed by atoms with van der Waals surface area (Å²) in [5.74, 6) is 0. The summed E-state index contributed by atoms with van der Waals surface area (Å²) in [4.78, 5) is 0. The fraction of sp³-hybridized carbons (Fsp3) is 0.118. The van der Waals surface area contributed by atoms with Crippen molar-refractivity contribution in [1.82, 2.24) is 0 Å². The molecule has 0 aromatic heterocycles. The Kier molecular flexibility index (Phi) is 28.3. The second-order valence-electron chi connectivity index (χ2n) is 37.9. The summed E-state index contributed by atoms with van der Waals surface area (Å²) in [6, 6.07) is 160. The van der Waals surface area contributed by atoms with Crippen LogP contribution >= 0.6 is 0 Å². The van der Waals surface area contributed by atoms with Gasteiger partial charge in [-0.2, -0.15) is 0 Å². The van der Waals surface area contributed by atoms with Crippen LogP contribution in [0.2, 0.25) is 0 Å². The zero-order valence-electron chi connectivity index (χ0n) is 81.6. The zero-order valence-corrected chi connectivity index (χ0v) is 81.6. The third kappa shape index (κ3) is 23.0. The van der Waals surface area contributed by atoms with E-state index in [2.05, 4.69) is 548 Å². The molecule has 0 aliphatic rings. The van der Waals surface area contributed by atoms with Crippen LogP contribution in [0.5, 0.6) is 0 Å². The van der Waals surface area contributed by atoms with Crippen LogP contribution in [0.4, 0.5) is 0 Å². The molecule has 0 aliphatic carbocycles. The van der Waals surface area contributed by atoms with Crippen molar-refractivity contribution in [3.8, 4) is 178 Å². The summed E-state index contributed by atoms with van der Waals surface area (Å²) in [5, 5.41) is 0. The van der Waals surface area contributed by atoms with E-state index >= 15 is 0 Å². The average Bonchev–Trinajstić information content (AvgIpc) is 0.784. The topological polar surface area (TPSA) is 0 Å². The highest BCUT2D eigenvalue weighted by Crippen LogP contribution is 2.42. The molecule has 0 radical (unpaired) electrons. The number of hydrogen-bond acceptors (Lipinski definition) is 0. The first kappa shape index (κ1) is 92.3. The zero-order chi connectivity index (χ0) is 94.6. The Morgan fingerprint density at radius 2 is 0.221 bits per heavy atom. The highest BCUT2D eigenvalue weighted by molar-refractivity contribution is 5.91. The minimum Gasteiger partial charge on any atom is -0.0622 e. The van der Waals surface area contributed by atoms with Crippen LogP contribution in [-0.2, 0) is 0 Å². The summed E-state index contributed by atoms with van der Waals surface area (Å²) in [6.07, 6.45) is 0. The first-order valence-corrected chi connectivity index (χ1v) is 47.7. The van der Waals surface area contributed by atoms with Crippen molar-refractivity contribution in [2.45, 2.75) is 111 Å². The van der Waals surface area contributed by atoms with Crippen LogP contribution in [0.3, 0.4) is 0 Å². The Hall–Kier alpha value is -15.6. The predicted octanol–water partition coefficient (Wildman–Crippen LogP) is 38.4. The normalized spacial score (nSPS) is 10.9. The molecule has 0 N–H and O–H groups in total. The van der Waals surface area contributed by atoms with Crippen molar-refractivity contribution in [2.75, 3.05) is 0 Å². The molecule has 0 unspecified atom stereocenters. The third-order valence-electron chi connectivity index (χ3n) is 25.5. The van der Waals surface area contributed by atoms with E-state index in [9.17, 15) is 0 Å². The molecule has 0 nitrogen and oxygen atoms in total. The van der Waals surface area contributed by atoms with Crippen LogP contribution in [0, 0.1) is 111 Å². The van der Waals surface area contributed by atoms with E-state index in [0.717, 1.165) is 0 Å². The number of rotatable bonds is 16. The summed E-state index contributed by atoms with van der Waals surface area (Å²) in [5.41, 5.74) is 60.9. The van der Waals surface area contributed by atoms with Crippen molar-refractivity contribution >= 4 is 0 Å². The molecule has 0 saturated heterocycles. The van der Waals surface area contributed by atoms with Gasteiger partial charge in [-0.15, -0.1) is 0 Å². The molecule has 0 bridgehead atoms. The van der Waals surface area contributed by atoms with E-state index in [0.29, 0.717) is 0 Å². The van der Waals surface area contributed by atoms with Crippen molar-refractivity contribution in [3.63, 3.8) is 0 Å². The molecular weight excluding hydrogens is 1630 g/mol. The Morgan fingerprint density at radius 1 is 0.0735 bits per heavy atom. The van der Waals surface area contributed by atoms with Gasteiger partial charge < -0.3 is 0 Å². The van der Waals surface area contributed by atoms with E-state index in [1.807, 2.05) is 0 Å². The largest absolute Gasteiger partial charge is 0.0622 e. The van der Waals surface area contributed by atoms with Gasteiger partial charge in [-0.05, 0) is 337 Å². The first-order chi connectivity index (χ1) is 65.8. The summed E-state index contributed by atoms with van der Waals surface area (Å²) < 4.78 is 0. The van der Waals surface area contributed by atoms with Gasteiger partial charge in [-0.1, -0.05) is 477 Å². The van der Waals surface area contributed by atoms with E-state index < -0.39 is 0 Å². The van der Waals surface area contributed by atoms with Crippen molar-refractivity contribution in [2.24, 2.45) is 0 Å². The standard InChI is InChI=1S/4C34H30/c2*1-23-15-24(2)18-33(17-23)31-9-5-7-29(21-31)27-11-13-28(14-12-27)30-8-6-10-32(22-30)34-19-25(3)16-26(4)20-34;1-23-15-24(2)18-31(17-23)27-9-7-11-29(21-27)33-13-5-6-14-34(33)30-12-8-10-28(22-30)32-19-25(3)16-26(4)20-32;1-23-15-24(2)18-31(17-23)29-12-8-11-28(21-29)30-13-14-33(32-19-25(3)16-26(4)20-32)34(22-30)27-9-6-5-7-10-27/h4*5-22H,1-4H3. The van der Waals surface area contributed by atoms with Crippen LogP contribution < -0.4 is 0 Å². The fourth-order valence-corrected chi connectivity index (χ4v) is 19.8. The smallest absolute Gasteiger partial charge is 0.00992 e. The molecule has 0 aliphatic heterocycles. The van der Waals surface area contributed by atoms with Gasteiger partial charge in [-0.25, -0.2) is 0 Å². The van der Waals surface area contributed by atoms with Crippen LogP contribution in [0.25, 0.3) is 178 Å². The SMILES string of the molecule is Cc1cc(C)cc(-c2cccc(-c3ccc(-c4cc(C)cc(C)c4)c(-c4ccccc4)c3)c2)c1.Cc1cc(C)cc(-c2cccc(-c3ccc(-c4cccc(-c5cc(C)cc(C)c5)c4)cc3)c2)c1.Cc1cc(C)cc(-c2cccc(-c3ccc(-c4cccc(-c5cc(C)cc(C)c5)c4)cc3)c2)c1.Cc1cc(C)cc(-c2cccc(-c3ccccc3-c3cccc(-c4cc(C)cc(C)c4)c3)c2)c1. The van der Waals surface area contributed by atoms with Crippen LogP contribution in [0.1, 0.15) is 89.0 Å². The van der Waals surface area contributed by atoms with Crippen LogP contribution in [0.15, 0.2) is 437 Å². The summed E-state index contributed by atoms with van der Waals surface area (Å²) in [6.45, 7) is 34.6. The highest BCUT2D eigenvalue weighted by Gasteiger charge is 2.17. The molecule has 0 saturated carbocycles. The molecule has 0 amide bonds. The monoisotopic (exact) mass is 1750 g/mol. The highest BCUT2D eigenvalue weighted by atomic mass is 14.2. The van der Waals surface area contributed by atoms with Gasteiger partial charge in [0.2, 0.25) is 0 Å². The lowest BCUT2D eigenvalue weighted by Crippen LogP contribution is -1.90. The molecule has 0 spiro atoms. The summed E-state index contributed by atoms with van der Waals surface area (Å²) >= 11 is 0. The van der Waals surface area contributed by atoms with E-state index in [1.54, 1.807) is 0 Å². The number of hydrogen-bond donors (Lipinski definition) is 0. The first-order valence-electron chi connectivity index (χ1n) is 47.7. The van der Waals surface area contributed by atoms with Gasteiger partial charge in [0.1, 0.15) is 0 Å². The lowest BCUT2D eigenvalue weighted by molar-refractivity contribution is 1.38. The second kappa shape index (κ2) is 41.7. The Morgan fingerprint density at radius 3 is 0.441 bits per heavy atom. The quantitative estimate of drug-likeness (QED) is 0.0904. The number of aryl methyl sites for hydroxylation is 16. The molecule has 20 aromatic carbocycles. The van der Waals surface area contributed by atoms with Crippen molar-refractivity contribution < 1.29 is 0 Å². The molecule has 136 heavy (non-hydrogen) atoms. The minimum absolute atomic E-state index is 1.23. The van der Waals surface area contributed by atoms with Gasteiger partial charge >= 0.3 is 0 Å². The van der Waals surface area contributed by atoms with E-state index in [4.69, 9.17) is 0 Å². The molecule has 0 heterocycles. The van der Waals surface area contributed by atoms with Gasteiger partial charge in [0.05, 0.1) is 0 Å². The van der Waals surface area contributed by atoms with Gasteiger partial charge in [0, 0.05) is 0 Å². The Balaban J connectivity index is 0.000000126. The van der Waals surface area contributed by atoms with Crippen molar-refractivity contribution in [1.29, 1.82) is 0 Å². The molecule has 20 rings (SSSR count). The fourth-order valence-electron chi connectivity index (χ4n) is 19.8. The molecular formula is C136H120. The Bertz CT molecular complexity index is 7000. The maximum Gasteiger partial charge on any atom is -0.00992 e. The molecule has 0 heteroatoms. The maximum absolute atomic E-state index is 2.35. The summed E-state index contributed by atoms with van der Waals surface area (Å²) in [7, 11) is 0. The maximum atomic E-state index is 2.35. The van der Waals surface area contributed by atoms with Gasteiger partial charge in [-0.3, -0.25) is 0 Å². The molecule has 20 aromatic rings. The van der Waals surface area contributed by atoms with Gasteiger partial charge in [0.15, 0.2) is 0 Å². The Labute approximate surface area is 808 Å². The molecule has 0 atom stereocenters. The van der Waals surface area contributed by atoms with Crippen molar-refractivity contribution in [3.05, 3.63) is 526 Å². The third-order valence-corrected chi connectivity index (χ3v) is 25.5. The number of benzene rings is 20. The van der Waals surface area contributed by atoms with Gasteiger partial charge in [0.25, 0.3) is 0 Å². The molecule has 0 fully saturated rings. The van der Waals surface area contributed by atoms with E-state index in [1.165, 1.54) is 267 Å². The van der Waals surface area contributed by atoms with Crippen LogP contribution in [-0.4, -0.2) is 0 Å². The van der Waals surface area contributed by atoms with E-state index in [-0.39, 0.29) is 0 Å². The minimum atomic E-state index is 1.23. The predicted molar refractivity (Wildman–Crippen MR) is 589 cm³/mol. The lowest BCUT2D eigenvalue weighted by Gasteiger charge is -2.15. The average molecular weight is 1750 g/mol. The molecule has 664 valence electrons. The second-order valence-corrected chi connectivity index (χ2v) is 37.9. The lowest BCUT2D eigenvalue weighted by atomic mass is 9.89.